The number of benzene rings is 3. The van der Waals surface area contributed by atoms with Gasteiger partial charge < -0.3 is 15.0 Å². The Morgan fingerprint density at radius 3 is 2.62 bits per heavy atom. The van der Waals surface area contributed by atoms with Gasteiger partial charge in [0.25, 0.3) is 5.91 Å². The fourth-order valence-corrected chi connectivity index (χ4v) is 2.66. The van der Waals surface area contributed by atoms with Crippen LogP contribution in [-0.2, 0) is 6.61 Å². The van der Waals surface area contributed by atoms with Crippen molar-refractivity contribution in [3.63, 3.8) is 0 Å². The third kappa shape index (κ3) is 3.57. The van der Waals surface area contributed by atoms with Crippen LogP contribution in [0.4, 0.5) is 5.69 Å². The predicted octanol–water partition coefficient (Wildman–Crippen LogP) is 4.39. The van der Waals surface area contributed by atoms with Gasteiger partial charge in [-0.05, 0) is 48.0 Å². The largest absolute Gasteiger partial charge is 0.489 e. The zero-order chi connectivity index (χ0) is 17.8. The second-order valence-corrected chi connectivity index (χ2v) is 5.89. The molecule has 26 heavy (non-hydrogen) atoms. The Morgan fingerprint density at radius 1 is 1.00 bits per heavy atom. The number of nitrogens with one attached hydrogen (secondary N) is 2. The van der Waals surface area contributed by atoms with Crippen LogP contribution < -0.4 is 10.1 Å². The van der Waals surface area contributed by atoms with Gasteiger partial charge in [-0.25, -0.2) is 4.98 Å². The monoisotopic (exact) mass is 343 g/mol. The molecule has 0 atom stereocenters. The molecule has 0 unspecified atom stereocenters. The number of fused-ring (bicyclic) bond motifs is 1. The topological polar surface area (TPSA) is 67.0 Å². The average Bonchev–Trinajstić information content (AvgIpc) is 3.16. The molecule has 4 aromatic rings. The smallest absolute Gasteiger partial charge is 0.255 e. The van der Waals surface area contributed by atoms with Gasteiger partial charge in [0.15, 0.2) is 0 Å². The zero-order valence-electron chi connectivity index (χ0n) is 14.0. The summed E-state index contributed by atoms with van der Waals surface area (Å²) in [5, 5.41) is 2.89. The first kappa shape index (κ1) is 15.9. The van der Waals surface area contributed by atoms with Gasteiger partial charge in [0.1, 0.15) is 12.4 Å². The standard InChI is InChI=1S/C21H17N3O2/c25-21(16-6-11-19-20(12-16)23-14-22-19)24-17-7-9-18(10-8-17)26-13-15-4-2-1-3-5-15/h1-12,14H,13H2,(H,22,23)(H,24,25). The number of carbonyl (C=O) groups is 1. The molecular weight excluding hydrogens is 326 g/mol. The van der Waals surface area contributed by atoms with Crippen molar-refractivity contribution in [2.45, 2.75) is 6.61 Å². The molecule has 0 fully saturated rings. The van der Waals surface area contributed by atoms with Crippen LogP contribution in [0.2, 0.25) is 0 Å². The Kier molecular flexibility index (Phi) is 4.35. The van der Waals surface area contributed by atoms with Gasteiger partial charge >= 0.3 is 0 Å². The highest BCUT2D eigenvalue weighted by Gasteiger charge is 2.08. The van der Waals surface area contributed by atoms with Gasteiger partial charge in [-0.15, -0.1) is 0 Å². The van der Waals surface area contributed by atoms with E-state index in [1.807, 2.05) is 60.7 Å². The molecule has 0 bridgehead atoms. The minimum Gasteiger partial charge on any atom is -0.489 e. The normalized spacial score (nSPS) is 10.6. The lowest BCUT2D eigenvalue weighted by Crippen LogP contribution is -2.11. The average molecular weight is 343 g/mol. The lowest BCUT2D eigenvalue weighted by Gasteiger charge is -2.08. The van der Waals surface area contributed by atoms with E-state index in [-0.39, 0.29) is 5.91 Å². The lowest BCUT2D eigenvalue weighted by molar-refractivity contribution is 0.102. The molecule has 0 saturated carbocycles. The molecule has 0 aliphatic heterocycles. The van der Waals surface area contributed by atoms with Crippen molar-refractivity contribution in [3.8, 4) is 5.75 Å². The summed E-state index contributed by atoms with van der Waals surface area (Å²) in [4.78, 5) is 19.6. The Morgan fingerprint density at radius 2 is 1.81 bits per heavy atom. The molecule has 1 heterocycles. The number of hydrogen-bond acceptors (Lipinski definition) is 3. The molecule has 3 aromatic carbocycles. The van der Waals surface area contributed by atoms with Crippen molar-refractivity contribution < 1.29 is 9.53 Å². The zero-order valence-corrected chi connectivity index (χ0v) is 14.0. The predicted molar refractivity (Wildman–Crippen MR) is 101 cm³/mol. The van der Waals surface area contributed by atoms with Crippen LogP contribution in [0.1, 0.15) is 15.9 Å². The van der Waals surface area contributed by atoms with Gasteiger partial charge in [0, 0.05) is 11.3 Å². The Bertz CT molecular complexity index is 1020. The highest BCUT2D eigenvalue weighted by Crippen LogP contribution is 2.18. The highest BCUT2D eigenvalue weighted by atomic mass is 16.5. The number of amides is 1. The van der Waals surface area contributed by atoms with Crippen LogP contribution in [0.25, 0.3) is 11.0 Å². The molecule has 128 valence electrons. The first-order chi connectivity index (χ1) is 12.8. The molecule has 0 aliphatic rings. The first-order valence-electron chi connectivity index (χ1n) is 8.29. The quantitative estimate of drug-likeness (QED) is 0.564. The molecule has 1 amide bonds. The Labute approximate surface area is 150 Å². The summed E-state index contributed by atoms with van der Waals surface area (Å²) in [5.41, 5.74) is 4.07. The van der Waals surface area contributed by atoms with E-state index in [2.05, 4.69) is 15.3 Å². The number of anilines is 1. The summed E-state index contributed by atoms with van der Waals surface area (Å²) in [7, 11) is 0. The number of aromatic nitrogens is 2. The van der Waals surface area contributed by atoms with Gasteiger partial charge in [0.2, 0.25) is 0 Å². The van der Waals surface area contributed by atoms with Crippen molar-refractivity contribution in [3.05, 3.63) is 90.3 Å². The van der Waals surface area contributed by atoms with Crippen molar-refractivity contribution in [2.75, 3.05) is 5.32 Å². The molecule has 0 aliphatic carbocycles. The van der Waals surface area contributed by atoms with Crippen molar-refractivity contribution in [2.24, 2.45) is 0 Å². The van der Waals surface area contributed by atoms with Gasteiger partial charge in [-0.3, -0.25) is 4.79 Å². The van der Waals surface area contributed by atoms with E-state index in [1.54, 1.807) is 18.5 Å². The molecular formula is C21H17N3O2. The maximum Gasteiger partial charge on any atom is 0.255 e. The summed E-state index contributed by atoms with van der Waals surface area (Å²) in [5.74, 6) is 0.588. The minimum absolute atomic E-state index is 0.167. The fourth-order valence-electron chi connectivity index (χ4n) is 2.66. The minimum atomic E-state index is -0.167. The van der Waals surface area contributed by atoms with E-state index < -0.39 is 0 Å². The first-order valence-corrected chi connectivity index (χ1v) is 8.29. The molecule has 5 heteroatoms. The van der Waals surface area contributed by atoms with Crippen LogP contribution in [0.3, 0.4) is 0 Å². The van der Waals surface area contributed by atoms with Crippen LogP contribution >= 0.6 is 0 Å². The maximum absolute atomic E-state index is 12.4. The van der Waals surface area contributed by atoms with Crippen molar-refractivity contribution in [1.29, 1.82) is 0 Å². The third-order valence-corrected chi connectivity index (χ3v) is 4.04. The SMILES string of the molecule is O=C(Nc1ccc(OCc2ccccc2)cc1)c1ccc2nc[nH]c2c1. The van der Waals surface area contributed by atoms with Gasteiger partial charge in [-0.2, -0.15) is 0 Å². The van der Waals surface area contributed by atoms with Crippen LogP contribution in [0, 0.1) is 0 Å². The molecule has 0 saturated heterocycles. The van der Waals surface area contributed by atoms with E-state index in [0.717, 1.165) is 22.3 Å². The molecule has 1 aromatic heterocycles. The Hall–Kier alpha value is -3.60. The van der Waals surface area contributed by atoms with Gasteiger partial charge in [0.05, 0.1) is 17.4 Å². The lowest BCUT2D eigenvalue weighted by atomic mass is 10.2. The van der Waals surface area contributed by atoms with Crippen LogP contribution in [0.5, 0.6) is 5.75 Å². The molecule has 2 N–H and O–H groups in total. The molecule has 0 radical (unpaired) electrons. The van der Waals surface area contributed by atoms with Crippen molar-refractivity contribution >= 4 is 22.6 Å². The molecule has 5 nitrogen and oxygen atoms in total. The summed E-state index contributed by atoms with van der Waals surface area (Å²) in [6.07, 6.45) is 1.61. The number of nitrogens with zero attached hydrogens (tertiary/aromatic N) is 1. The number of imidazole rings is 1. The second kappa shape index (κ2) is 7.11. The summed E-state index contributed by atoms with van der Waals surface area (Å²) < 4.78 is 5.75. The highest BCUT2D eigenvalue weighted by molar-refractivity contribution is 6.05. The third-order valence-electron chi connectivity index (χ3n) is 4.04. The number of ether oxygens (including phenoxy) is 1. The summed E-state index contributed by atoms with van der Waals surface area (Å²) in [6, 6.07) is 22.7. The van der Waals surface area contributed by atoms with Crippen molar-refractivity contribution in [1.82, 2.24) is 9.97 Å². The number of carbonyl (C=O) groups excluding carboxylic acids is 1. The van der Waals surface area contributed by atoms with Gasteiger partial charge in [-0.1, -0.05) is 30.3 Å². The molecule has 0 spiro atoms. The van der Waals surface area contributed by atoms with E-state index in [4.69, 9.17) is 4.74 Å². The molecule has 4 rings (SSSR count). The number of hydrogen-bond donors (Lipinski definition) is 2. The fraction of sp³-hybridized carbons (Fsp3) is 0.0476. The van der Waals surface area contributed by atoms with E-state index in [9.17, 15) is 4.79 Å². The van der Waals surface area contributed by atoms with E-state index >= 15 is 0 Å². The number of rotatable bonds is 5. The number of H-pyrrole nitrogens is 1. The number of aromatic amines is 1. The summed E-state index contributed by atoms with van der Waals surface area (Å²) >= 11 is 0. The van der Waals surface area contributed by atoms with E-state index in [1.165, 1.54) is 0 Å². The summed E-state index contributed by atoms with van der Waals surface area (Å²) in [6.45, 7) is 0.511. The Balaban J connectivity index is 1.39. The second-order valence-electron chi connectivity index (χ2n) is 5.89. The van der Waals surface area contributed by atoms with E-state index in [0.29, 0.717) is 17.9 Å². The van der Waals surface area contributed by atoms with Crippen LogP contribution in [-0.4, -0.2) is 15.9 Å². The van der Waals surface area contributed by atoms with Crippen LogP contribution in [0.15, 0.2) is 79.1 Å². The maximum atomic E-state index is 12.4.